The highest BCUT2D eigenvalue weighted by molar-refractivity contribution is 5.76. The van der Waals surface area contributed by atoms with Gasteiger partial charge in [-0.2, -0.15) is 0 Å². The molecule has 1 unspecified atom stereocenters. The van der Waals surface area contributed by atoms with Gasteiger partial charge in [0, 0.05) is 12.1 Å². The Morgan fingerprint density at radius 1 is 1.43 bits per heavy atom. The van der Waals surface area contributed by atoms with E-state index in [4.69, 9.17) is 10.5 Å². The zero-order chi connectivity index (χ0) is 15.8. The third kappa shape index (κ3) is 6.58. The Morgan fingerprint density at radius 2 is 2.14 bits per heavy atom. The predicted octanol–water partition coefficient (Wildman–Crippen LogP) is 2.40. The molecule has 0 bridgehead atoms. The van der Waals surface area contributed by atoms with Gasteiger partial charge in [-0.1, -0.05) is 6.92 Å². The molecule has 1 atom stereocenters. The molecule has 0 aromatic heterocycles. The van der Waals surface area contributed by atoms with Crippen molar-refractivity contribution < 1.29 is 13.9 Å². The summed E-state index contributed by atoms with van der Waals surface area (Å²) in [6, 6.07) is 4.47. The van der Waals surface area contributed by atoms with Gasteiger partial charge in [-0.3, -0.25) is 4.79 Å². The number of halogens is 1. The van der Waals surface area contributed by atoms with Crippen LogP contribution in [0.2, 0.25) is 0 Å². The minimum Gasteiger partial charge on any atom is -0.493 e. The van der Waals surface area contributed by atoms with Crippen LogP contribution in [0.25, 0.3) is 0 Å². The van der Waals surface area contributed by atoms with Crippen molar-refractivity contribution in [3.63, 3.8) is 0 Å². The Labute approximate surface area is 125 Å². The number of nitrogens with one attached hydrogen (secondary N) is 1. The average molecular weight is 296 g/mol. The molecule has 4 nitrogen and oxygen atoms in total. The number of nitrogens with two attached hydrogens (primary N) is 1. The molecule has 3 N–H and O–H groups in total. The summed E-state index contributed by atoms with van der Waals surface area (Å²) in [6.07, 6.45) is 1.64. The molecule has 21 heavy (non-hydrogen) atoms. The van der Waals surface area contributed by atoms with Crippen LogP contribution in [-0.4, -0.2) is 24.6 Å². The van der Waals surface area contributed by atoms with Crippen molar-refractivity contribution in [3.05, 3.63) is 29.6 Å². The van der Waals surface area contributed by atoms with Gasteiger partial charge in [0.05, 0.1) is 13.0 Å². The second-order valence-corrected chi connectivity index (χ2v) is 5.45. The van der Waals surface area contributed by atoms with Gasteiger partial charge in [-0.15, -0.1) is 0 Å². The molecule has 5 heteroatoms. The van der Waals surface area contributed by atoms with Crippen molar-refractivity contribution in [3.8, 4) is 5.75 Å². The first-order valence-corrected chi connectivity index (χ1v) is 7.38. The zero-order valence-electron chi connectivity index (χ0n) is 13.0. The summed E-state index contributed by atoms with van der Waals surface area (Å²) in [5.74, 6) is 0.231. The Bertz CT molecular complexity index is 464. The van der Waals surface area contributed by atoms with E-state index < -0.39 is 0 Å². The van der Waals surface area contributed by atoms with Gasteiger partial charge >= 0.3 is 0 Å². The van der Waals surface area contributed by atoms with Crippen LogP contribution in [0.4, 0.5) is 4.39 Å². The van der Waals surface area contributed by atoms with Gasteiger partial charge in [0.25, 0.3) is 0 Å². The lowest BCUT2D eigenvalue weighted by atomic mass is 10.0. The van der Waals surface area contributed by atoms with Gasteiger partial charge in [0.2, 0.25) is 5.91 Å². The van der Waals surface area contributed by atoms with Crippen molar-refractivity contribution >= 4 is 5.91 Å². The molecule has 0 spiro atoms. The lowest BCUT2D eigenvalue weighted by molar-refractivity contribution is -0.122. The van der Waals surface area contributed by atoms with E-state index in [1.807, 2.05) is 20.8 Å². The Balaban J connectivity index is 2.59. The molecule has 118 valence electrons. The van der Waals surface area contributed by atoms with E-state index in [9.17, 15) is 9.18 Å². The van der Waals surface area contributed by atoms with Crippen LogP contribution in [-0.2, 0) is 11.2 Å². The standard InChI is InChI=1S/C16H25FN2O2/c1-4-14(18)10-12-9-13(17)5-6-15(12)21-8-7-16(20)19-11(2)3/h5-6,9,11,14H,4,7-8,10,18H2,1-3H3,(H,19,20). The zero-order valence-corrected chi connectivity index (χ0v) is 13.0. The van der Waals surface area contributed by atoms with Gasteiger partial charge in [-0.05, 0) is 50.5 Å². The first-order chi connectivity index (χ1) is 9.92. The average Bonchev–Trinajstić information content (AvgIpc) is 2.40. The summed E-state index contributed by atoms with van der Waals surface area (Å²) >= 11 is 0. The molecule has 0 saturated carbocycles. The monoisotopic (exact) mass is 296 g/mol. The Morgan fingerprint density at radius 3 is 2.76 bits per heavy atom. The van der Waals surface area contributed by atoms with Crippen LogP contribution in [0.5, 0.6) is 5.75 Å². The number of carbonyl (C=O) groups excluding carboxylic acids is 1. The molecule has 0 aliphatic heterocycles. The number of rotatable bonds is 8. The van der Waals surface area contributed by atoms with Crippen LogP contribution in [0.3, 0.4) is 0 Å². The Hall–Kier alpha value is -1.62. The largest absolute Gasteiger partial charge is 0.493 e. The number of hydrogen-bond donors (Lipinski definition) is 2. The molecule has 1 rings (SSSR count). The lowest BCUT2D eigenvalue weighted by Gasteiger charge is -2.15. The quantitative estimate of drug-likeness (QED) is 0.774. The maximum Gasteiger partial charge on any atom is 0.223 e. The molecule has 0 fully saturated rings. The summed E-state index contributed by atoms with van der Waals surface area (Å²) < 4.78 is 18.9. The molecular weight excluding hydrogens is 271 g/mol. The number of benzene rings is 1. The van der Waals surface area contributed by atoms with E-state index in [1.54, 1.807) is 6.07 Å². The van der Waals surface area contributed by atoms with Crippen LogP contribution in [0, 0.1) is 5.82 Å². The third-order valence-electron chi connectivity index (χ3n) is 3.07. The number of ether oxygens (including phenoxy) is 1. The summed E-state index contributed by atoms with van der Waals surface area (Å²) in [4.78, 5) is 11.5. The van der Waals surface area contributed by atoms with Crippen LogP contribution >= 0.6 is 0 Å². The molecule has 0 aliphatic rings. The molecular formula is C16H25FN2O2. The molecule has 1 aromatic rings. The van der Waals surface area contributed by atoms with Crippen molar-refractivity contribution in [1.29, 1.82) is 0 Å². The fourth-order valence-electron chi connectivity index (χ4n) is 1.92. The van der Waals surface area contributed by atoms with Crippen molar-refractivity contribution in [1.82, 2.24) is 5.32 Å². The Kier molecular flexibility index (Phi) is 7.15. The highest BCUT2D eigenvalue weighted by Crippen LogP contribution is 2.21. The van der Waals surface area contributed by atoms with Crippen LogP contribution in [0.15, 0.2) is 18.2 Å². The van der Waals surface area contributed by atoms with E-state index >= 15 is 0 Å². The first-order valence-electron chi connectivity index (χ1n) is 7.38. The molecule has 1 amide bonds. The second-order valence-electron chi connectivity index (χ2n) is 5.45. The molecule has 0 radical (unpaired) electrons. The smallest absolute Gasteiger partial charge is 0.223 e. The minimum atomic E-state index is -0.307. The fourth-order valence-corrected chi connectivity index (χ4v) is 1.92. The van der Waals surface area contributed by atoms with E-state index in [1.165, 1.54) is 12.1 Å². The van der Waals surface area contributed by atoms with Gasteiger partial charge in [0.1, 0.15) is 11.6 Å². The molecule has 0 saturated heterocycles. The third-order valence-corrected chi connectivity index (χ3v) is 3.07. The van der Waals surface area contributed by atoms with Gasteiger partial charge in [0.15, 0.2) is 0 Å². The normalized spacial score (nSPS) is 12.3. The fraction of sp³-hybridized carbons (Fsp3) is 0.562. The number of carbonyl (C=O) groups is 1. The number of amides is 1. The molecule has 1 aromatic carbocycles. The predicted molar refractivity (Wildman–Crippen MR) is 81.8 cm³/mol. The van der Waals surface area contributed by atoms with Crippen LogP contribution in [0.1, 0.15) is 39.2 Å². The van der Waals surface area contributed by atoms with Gasteiger partial charge < -0.3 is 15.8 Å². The van der Waals surface area contributed by atoms with Crippen molar-refractivity contribution in [2.24, 2.45) is 5.73 Å². The summed E-state index contributed by atoms with van der Waals surface area (Å²) in [5.41, 5.74) is 6.66. The topological polar surface area (TPSA) is 64.3 Å². The van der Waals surface area contributed by atoms with E-state index in [-0.39, 0.29) is 36.8 Å². The molecule has 0 aliphatic carbocycles. The first kappa shape index (κ1) is 17.4. The van der Waals surface area contributed by atoms with Crippen LogP contribution < -0.4 is 15.8 Å². The van der Waals surface area contributed by atoms with Crippen molar-refractivity contribution in [2.75, 3.05) is 6.61 Å². The maximum absolute atomic E-state index is 13.3. The minimum absolute atomic E-state index is 0.0293. The summed E-state index contributed by atoms with van der Waals surface area (Å²) in [7, 11) is 0. The number of hydrogen-bond acceptors (Lipinski definition) is 3. The second kappa shape index (κ2) is 8.62. The van der Waals surface area contributed by atoms with E-state index in [2.05, 4.69) is 5.32 Å². The lowest BCUT2D eigenvalue weighted by Crippen LogP contribution is -2.31. The SMILES string of the molecule is CCC(N)Cc1cc(F)ccc1OCCC(=O)NC(C)C. The summed E-state index contributed by atoms with van der Waals surface area (Å²) in [6.45, 7) is 6.06. The highest BCUT2D eigenvalue weighted by atomic mass is 19.1. The van der Waals surface area contributed by atoms with E-state index in [0.29, 0.717) is 12.2 Å². The van der Waals surface area contributed by atoms with Crippen molar-refractivity contribution in [2.45, 2.75) is 52.1 Å². The molecule has 0 heterocycles. The summed E-state index contributed by atoms with van der Waals surface area (Å²) in [5, 5.41) is 2.80. The highest BCUT2D eigenvalue weighted by Gasteiger charge is 2.10. The maximum atomic E-state index is 13.3. The van der Waals surface area contributed by atoms with Gasteiger partial charge in [-0.25, -0.2) is 4.39 Å². The van der Waals surface area contributed by atoms with E-state index in [0.717, 1.165) is 12.0 Å².